The molecule has 0 unspecified atom stereocenters. The van der Waals surface area contributed by atoms with Crippen LogP contribution in [0.3, 0.4) is 0 Å². The first kappa shape index (κ1) is 14.7. The molecule has 0 aromatic heterocycles. The summed E-state index contributed by atoms with van der Waals surface area (Å²) in [5.41, 5.74) is 0.853. The second kappa shape index (κ2) is 7.89. The van der Waals surface area contributed by atoms with Crippen molar-refractivity contribution in [3.05, 3.63) is 43.0 Å². The van der Waals surface area contributed by atoms with Crippen molar-refractivity contribution >= 4 is 40.0 Å². The summed E-state index contributed by atoms with van der Waals surface area (Å²) in [6.07, 6.45) is 1.70. The lowest BCUT2D eigenvalue weighted by atomic mass is 10.3. The number of methoxy groups -OCH3 is 1. The number of para-hydroxylation sites is 1. The molecule has 18 heavy (non-hydrogen) atoms. The quantitative estimate of drug-likeness (QED) is 0.613. The summed E-state index contributed by atoms with van der Waals surface area (Å²) >= 11 is 6.11. The molecule has 1 aromatic rings. The molecule has 0 aliphatic carbocycles. The third-order valence-corrected chi connectivity index (χ3v) is 3.47. The van der Waals surface area contributed by atoms with Gasteiger partial charge in [-0.2, -0.15) is 0 Å². The van der Waals surface area contributed by atoms with Crippen LogP contribution in [0.4, 0.5) is 5.69 Å². The molecule has 0 fully saturated rings. The van der Waals surface area contributed by atoms with E-state index >= 15 is 0 Å². The van der Waals surface area contributed by atoms with Gasteiger partial charge < -0.3 is 9.64 Å². The Morgan fingerprint density at radius 3 is 2.72 bits per heavy atom. The molecule has 0 atom stereocenters. The average molecular weight is 281 g/mol. The topological polar surface area (TPSA) is 29.5 Å². The fourth-order valence-electron chi connectivity index (χ4n) is 1.35. The zero-order chi connectivity index (χ0) is 13.4. The molecule has 0 saturated heterocycles. The second-order valence-electron chi connectivity index (χ2n) is 3.37. The summed E-state index contributed by atoms with van der Waals surface area (Å²) in [5.74, 6) is 0.237. The highest BCUT2D eigenvalue weighted by atomic mass is 32.2. The van der Waals surface area contributed by atoms with E-state index in [-0.39, 0.29) is 11.7 Å². The van der Waals surface area contributed by atoms with Crippen LogP contribution in [0.2, 0.25) is 0 Å². The number of nitrogens with zero attached hydrogens (tertiary/aromatic N) is 1. The number of hydrogen-bond donors (Lipinski definition) is 0. The predicted octanol–water partition coefficient (Wildman–Crippen LogP) is 2.87. The molecule has 3 nitrogen and oxygen atoms in total. The van der Waals surface area contributed by atoms with Gasteiger partial charge >= 0.3 is 0 Å². The number of benzene rings is 1. The van der Waals surface area contributed by atoms with Gasteiger partial charge in [0.05, 0.1) is 12.9 Å². The van der Waals surface area contributed by atoms with Gasteiger partial charge in [-0.05, 0) is 24.4 Å². The molecule has 5 heteroatoms. The number of thioether (sulfide) groups is 1. The average Bonchev–Trinajstić information content (AvgIpc) is 2.42. The Kier molecular flexibility index (Phi) is 6.46. The fraction of sp³-hybridized carbons (Fsp3) is 0.231. The van der Waals surface area contributed by atoms with Crippen LogP contribution >= 0.6 is 24.0 Å². The van der Waals surface area contributed by atoms with Crippen LogP contribution in [0, 0.1) is 0 Å². The summed E-state index contributed by atoms with van der Waals surface area (Å²) in [4.78, 5) is 13.8. The Bertz CT molecular complexity index is 420. The number of carbonyl (C=O) groups excluding carboxylic acids is 1. The first-order valence-corrected chi connectivity index (χ1v) is 6.75. The molecule has 1 aromatic carbocycles. The van der Waals surface area contributed by atoms with Gasteiger partial charge in [-0.25, -0.2) is 0 Å². The largest absolute Gasteiger partial charge is 0.482 e. The zero-order valence-electron chi connectivity index (χ0n) is 10.2. The summed E-state index contributed by atoms with van der Waals surface area (Å²) < 4.78 is 5.22. The highest BCUT2D eigenvalue weighted by molar-refractivity contribution is 8.23. The predicted molar refractivity (Wildman–Crippen MR) is 81.1 cm³/mol. The maximum atomic E-state index is 12.1. The number of amides is 1. The molecular formula is C13H15NO2S2. The van der Waals surface area contributed by atoms with Crippen molar-refractivity contribution in [3.8, 4) is 0 Å². The van der Waals surface area contributed by atoms with Crippen molar-refractivity contribution in [2.24, 2.45) is 0 Å². The number of carbonyl (C=O) groups is 1. The van der Waals surface area contributed by atoms with Gasteiger partial charge in [0.15, 0.2) is 0 Å². The first-order valence-electron chi connectivity index (χ1n) is 5.36. The monoisotopic (exact) mass is 281 g/mol. The van der Waals surface area contributed by atoms with Crippen molar-refractivity contribution < 1.29 is 9.53 Å². The van der Waals surface area contributed by atoms with Crippen molar-refractivity contribution in [2.45, 2.75) is 0 Å². The standard InChI is InChI=1S/C13H15NO2S2/c1-3-9-14(11-7-5-4-6-8-11)12(15)10-18-13(17)16-2/h3-8H,1,9-10H2,2H3. The normalized spacial score (nSPS) is 9.61. The lowest BCUT2D eigenvalue weighted by Gasteiger charge is -2.21. The summed E-state index contributed by atoms with van der Waals surface area (Å²) in [6, 6.07) is 9.48. The molecule has 0 bridgehead atoms. The Morgan fingerprint density at radius 1 is 1.50 bits per heavy atom. The van der Waals surface area contributed by atoms with E-state index in [2.05, 4.69) is 6.58 Å². The van der Waals surface area contributed by atoms with Crippen LogP contribution in [0.1, 0.15) is 0 Å². The smallest absolute Gasteiger partial charge is 0.237 e. The molecule has 1 rings (SSSR count). The maximum Gasteiger partial charge on any atom is 0.237 e. The van der Waals surface area contributed by atoms with E-state index in [9.17, 15) is 4.79 Å². The van der Waals surface area contributed by atoms with E-state index in [1.807, 2.05) is 30.3 Å². The number of anilines is 1. The number of ether oxygens (including phenoxy) is 1. The van der Waals surface area contributed by atoms with E-state index < -0.39 is 0 Å². The maximum absolute atomic E-state index is 12.1. The minimum absolute atomic E-state index is 0.0227. The number of thiocarbonyl (C=S) groups is 1. The van der Waals surface area contributed by atoms with E-state index in [1.54, 1.807) is 11.0 Å². The highest BCUT2D eigenvalue weighted by Gasteiger charge is 2.15. The second-order valence-corrected chi connectivity index (χ2v) is 4.95. The van der Waals surface area contributed by atoms with E-state index in [4.69, 9.17) is 17.0 Å². The Hall–Kier alpha value is -1.33. The van der Waals surface area contributed by atoms with Gasteiger partial charge in [0, 0.05) is 12.2 Å². The van der Waals surface area contributed by atoms with E-state index in [0.29, 0.717) is 10.9 Å². The Balaban J connectivity index is 2.70. The van der Waals surface area contributed by atoms with Crippen LogP contribution in [0.5, 0.6) is 0 Å². The van der Waals surface area contributed by atoms with Crippen molar-refractivity contribution in [1.82, 2.24) is 0 Å². The molecule has 0 radical (unpaired) electrons. The van der Waals surface area contributed by atoms with Gasteiger partial charge in [0.1, 0.15) is 0 Å². The third-order valence-electron chi connectivity index (χ3n) is 2.16. The number of hydrogen-bond acceptors (Lipinski definition) is 4. The van der Waals surface area contributed by atoms with Crippen LogP contribution in [-0.2, 0) is 9.53 Å². The lowest BCUT2D eigenvalue weighted by Crippen LogP contribution is -2.32. The van der Waals surface area contributed by atoms with Gasteiger partial charge in [-0.1, -0.05) is 36.0 Å². The van der Waals surface area contributed by atoms with Gasteiger partial charge in [0.2, 0.25) is 10.3 Å². The summed E-state index contributed by atoms with van der Waals surface area (Å²) in [5, 5.41) is 0. The summed E-state index contributed by atoms with van der Waals surface area (Å²) in [6.45, 7) is 4.14. The number of rotatable bonds is 5. The third kappa shape index (κ3) is 4.50. The van der Waals surface area contributed by atoms with Crippen LogP contribution in [0.15, 0.2) is 43.0 Å². The SMILES string of the molecule is C=CCN(C(=O)CSC(=S)OC)c1ccccc1. The Labute approximate surface area is 117 Å². The highest BCUT2D eigenvalue weighted by Crippen LogP contribution is 2.15. The van der Waals surface area contributed by atoms with Crippen molar-refractivity contribution in [3.63, 3.8) is 0 Å². The van der Waals surface area contributed by atoms with Crippen molar-refractivity contribution in [2.75, 3.05) is 24.3 Å². The van der Waals surface area contributed by atoms with Crippen LogP contribution < -0.4 is 4.90 Å². The van der Waals surface area contributed by atoms with Crippen LogP contribution in [-0.4, -0.2) is 29.7 Å². The molecule has 0 N–H and O–H groups in total. The molecule has 0 aliphatic heterocycles. The summed E-state index contributed by atoms with van der Waals surface area (Å²) in [7, 11) is 1.50. The van der Waals surface area contributed by atoms with Crippen LogP contribution in [0.25, 0.3) is 0 Å². The van der Waals surface area contributed by atoms with E-state index in [0.717, 1.165) is 5.69 Å². The first-order chi connectivity index (χ1) is 8.69. The lowest BCUT2D eigenvalue weighted by molar-refractivity contribution is -0.116. The minimum atomic E-state index is -0.0227. The molecule has 1 amide bonds. The Morgan fingerprint density at radius 2 is 2.17 bits per heavy atom. The van der Waals surface area contributed by atoms with Gasteiger partial charge in [-0.15, -0.1) is 6.58 Å². The van der Waals surface area contributed by atoms with E-state index in [1.165, 1.54) is 18.9 Å². The zero-order valence-corrected chi connectivity index (χ0v) is 11.8. The molecule has 0 heterocycles. The molecule has 0 spiro atoms. The van der Waals surface area contributed by atoms with Gasteiger partial charge in [-0.3, -0.25) is 4.79 Å². The molecule has 0 saturated carbocycles. The molecular weight excluding hydrogens is 266 g/mol. The minimum Gasteiger partial charge on any atom is -0.482 e. The molecule has 0 aliphatic rings. The fourth-order valence-corrected chi connectivity index (χ4v) is 2.04. The van der Waals surface area contributed by atoms with Gasteiger partial charge in [0.25, 0.3) is 0 Å². The molecule has 96 valence electrons. The van der Waals surface area contributed by atoms with Crippen molar-refractivity contribution in [1.29, 1.82) is 0 Å².